The van der Waals surface area contributed by atoms with E-state index in [0.717, 1.165) is 39.2 Å². The van der Waals surface area contributed by atoms with Crippen molar-refractivity contribution in [3.8, 4) is 0 Å². The van der Waals surface area contributed by atoms with Gasteiger partial charge in [-0.15, -0.1) is 0 Å². The third kappa shape index (κ3) is 5.18. The Kier molecular flexibility index (Phi) is 6.85. The van der Waals surface area contributed by atoms with Gasteiger partial charge in [0.05, 0.1) is 0 Å². The van der Waals surface area contributed by atoms with Crippen LogP contribution in [0.1, 0.15) is 16.7 Å². The van der Waals surface area contributed by atoms with Gasteiger partial charge < -0.3 is 0 Å². The average molecular weight is 552 g/mol. The van der Waals surface area contributed by atoms with Gasteiger partial charge in [-0.2, -0.15) is 0 Å². The second-order valence-corrected chi connectivity index (χ2v) is 8.47. The van der Waals surface area contributed by atoms with Crippen molar-refractivity contribution >= 4 is 40.4 Å². The number of hydrogen-bond acceptors (Lipinski definition) is 1. The minimum atomic E-state index is -0.161. The number of hydrogen-bond donors (Lipinski definition) is 0. The Morgan fingerprint density at radius 2 is 1.68 bits per heavy atom. The summed E-state index contributed by atoms with van der Waals surface area (Å²) < 4.78 is 4.63. The maximum absolute atomic E-state index is 5.90. The van der Waals surface area contributed by atoms with E-state index in [2.05, 4.69) is 61.9 Å². The molecule has 0 heterocycles. The zero-order chi connectivity index (χ0) is 13.5. The van der Waals surface area contributed by atoms with Gasteiger partial charge in [0, 0.05) is 0 Å². The fraction of sp³-hybridized carbons (Fsp3) is 0.133. The van der Waals surface area contributed by atoms with Gasteiger partial charge in [-0.25, -0.2) is 0 Å². The molecular weight excluding hydrogens is 538 g/mol. The van der Waals surface area contributed by atoms with Crippen molar-refractivity contribution < 1.29 is 15.7 Å². The topological polar surface area (TPSA) is 3.24 Å². The second kappa shape index (κ2) is 8.41. The van der Waals surface area contributed by atoms with Gasteiger partial charge in [-0.1, -0.05) is 0 Å². The standard InChI is InChI=1S/C15H14N.ClH.Pb.Ru/c1-13-7-5-6-10-15(13)12-16-11-14-8-3-2-4-9-14;;;/h1-10H,11-12H2;1H;;/q-1;;2*+1/p-1. The average Bonchev–Trinajstić information content (AvgIpc) is 2.42. The van der Waals surface area contributed by atoms with E-state index in [1.165, 1.54) is 16.7 Å². The van der Waals surface area contributed by atoms with Crippen LogP contribution < -0.4 is 0 Å². The Bertz CT molecular complexity index is 545. The molecule has 4 heteroatoms. The van der Waals surface area contributed by atoms with Crippen molar-refractivity contribution in [1.82, 2.24) is 2.71 Å². The van der Waals surface area contributed by atoms with Crippen LogP contribution >= 0.6 is 9.69 Å². The Morgan fingerprint density at radius 1 is 1.00 bits per heavy atom. The van der Waals surface area contributed by atoms with E-state index in [1.54, 1.807) is 0 Å². The van der Waals surface area contributed by atoms with Crippen LogP contribution in [0.5, 0.6) is 0 Å². The van der Waals surface area contributed by atoms with Crippen LogP contribution in [0.3, 0.4) is 0 Å². The third-order valence-electron chi connectivity index (χ3n) is 2.78. The molecule has 2 aromatic carbocycles. The molecule has 0 N–H and O–H groups in total. The van der Waals surface area contributed by atoms with Crippen LogP contribution in [0.4, 0.5) is 0 Å². The molecule has 0 saturated carbocycles. The molecule has 0 spiro atoms. The maximum atomic E-state index is 5.90. The number of benzene rings is 2. The first kappa shape index (κ1) is 15.5. The van der Waals surface area contributed by atoms with Gasteiger partial charge in [0.2, 0.25) is 0 Å². The molecule has 1 nitrogen and oxygen atoms in total. The summed E-state index contributed by atoms with van der Waals surface area (Å²) in [6.45, 7) is 2.03. The predicted molar refractivity (Wildman–Crippen MR) is 78.9 cm³/mol. The molecule has 3 radical (unpaired) electrons. The fourth-order valence-electron chi connectivity index (χ4n) is 1.88. The van der Waals surface area contributed by atoms with E-state index < -0.39 is 0 Å². The molecule has 0 atom stereocenters. The van der Waals surface area contributed by atoms with Crippen molar-refractivity contribution in [2.24, 2.45) is 0 Å². The van der Waals surface area contributed by atoms with E-state index in [4.69, 9.17) is 9.69 Å². The van der Waals surface area contributed by atoms with Gasteiger partial charge in [-0.05, 0) is 0 Å². The summed E-state index contributed by atoms with van der Waals surface area (Å²) in [5.41, 5.74) is 4.05. The van der Waals surface area contributed by atoms with Crippen LogP contribution in [-0.4, -0.2) is 33.4 Å². The fourth-order valence-corrected chi connectivity index (χ4v) is 4.44. The van der Waals surface area contributed by atoms with E-state index in [-0.39, 0.29) is 15.7 Å². The molecule has 0 aliphatic heterocycles. The molecule has 0 aliphatic carbocycles. The molecule has 0 saturated heterocycles. The summed E-state index contributed by atoms with van der Waals surface area (Å²) in [4.78, 5) is 0. The van der Waals surface area contributed by atoms with Gasteiger partial charge in [-0.3, -0.25) is 0 Å². The van der Waals surface area contributed by atoms with Gasteiger partial charge in [0.15, 0.2) is 0 Å². The monoisotopic (exact) mass is 553 g/mol. The predicted octanol–water partition coefficient (Wildman–Crippen LogP) is 3.16. The third-order valence-corrected chi connectivity index (χ3v) is 5.20. The number of halogens is 1. The first-order valence-corrected chi connectivity index (χ1v) is 10.9. The van der Waals surface area contributed by atoms with E-state index in [9.17, 15) is 0 Å². The summed E-state index contributed by atoms with van der Waals surface area (Å²) in [7, 11) is 5.90. The molecule has 0 bridgehead atoms. The van der Waals surface area contributed by atoms with Crippen molar-refractivity contribution in [1.29, 1.82) is 0 Å². The molecule has 0 aliphatic rings. The van der Waals surface area contributed by atoms with Crippen molar-refractivity contribution in [3.63, 3.8) is 0 Å². The first-order chi connectivity index (χ1) is 9.29. The summed E-state index contributed by atoms with van der Waals surface area (Å²) in [6.07, 6.45) is 0. The molecule has 2 aromatic rings. The Hall–Kier alpha value is 0.105. The summed E-state index contributed by atoms with van der Waals surface area (Å²) >= 11 is 0.893. The molecule has 2 rings (SSSR count). The zero-order valence-corrected chi connectivity index (χ0v) is 16.7. The van der Waals surface area contributed by atoms with E-state index in [0.29, 0.717) is 0 Å². The summed E-state index contributed by atoms with van der Waals surface area (Å²) in [5.74, 6) is 0. The SMILES string of the molecule is [Cl][Ru]=[CH]c1ccccc1C[N]([Pb])Cc1ccccc1. The van der Waals surface area contributed by atoms with Crippen LogP contribution in [0.25, 0.3) is 0 Å². The Labute approximate surface area is 142 Å². The molecule has 0 aromatic heterocycles. The van der Waals surface area contributed by atoms with Gasteiger partial charge >= 0.3 is 143 Å². The van der Waals surface area contributed by atoms with Crippen LogP contribution in [0, 0.1) is 0 Å². The Morgan fingerprint density at radius 3 is 2.42 bits per heavy atom. The number of nitrogens with zero attached hydrogens (tertiary/aromatic N) is 1. The quantitative estimate of drug-likeness (QED) is 0.516. The minimum absolute atomic E-state index is 0.161. The van der Waals surface area contributed by atoms with Crippen molar-refractivity contribution in [2.45, 2.75) is 13.1 Å². The zero-order valence-electron chi connectivity index (χ0n) is 10.4. The first-order valence-electron chi connectivity index (χ1n) is 5.93. The van der Waals surface area contributed by atoms with Gasteiger partial charge in [0.25, 0.3) is 0 Å². The van der Waals surface area contributed by atoms with E-state index >= 15 is 0 Å². The normalized spacial score (nSPS) is 11.7. The van der Waals surface area contributed by atoms with Gasteiger partial charge in [0.1, 0.15) is 0 Å². The van der Waals surface area contributed by atoms with Crippen LogP contribution in [-0.2, 0) is 28.8 Å². The van der Waals surface area contributed by atoms with Crippen LogP contribution in [0.2, 0.25) is 0 Å². The second-order valence-electron chi connectivity index (χ2n) is 4.22. The molecule has 98 valence electrons. The molecule has 0 unspecified atom stereocenters. The molecular formula is C15H14ClNPbRu. The number of rotatable bonds is 5. The van der Waals surface area contributed by atoms with Crippen molar-refractivity contribution in [3.05, 3.63) is 71.3 Å². The Balaban J connectivity index is 2.05. The summed E-state index contributed by atoms with van der Waals surface area (Å²) in [5, 5.41) is 0. The van der Waals surface area contributed by atoms with E-state index in [1.807, 2.05) is 0 Å². The molecule has 19 heavy (non-hydrogen) atoms. The van der Waals surface area contributed by atoms with Crippen LogP contribution in [0.15, 0.2) is 54.6 Å². The molecule has 0 amide bonds. The molecule has 0 fully saturated rings. The van der Waals surface area contributed by atoms with Crippen molar-refractivity contribution in [2.75, 3.05) is 0 Å². The summed E-state index contributed by atoms with van der Waals surface area (Å²) in [6, 6.07) is 19.2.